The summed E-state index contributed by atoms with van der Waals surface area (Å²) in [4.78, 5) is 4.54. The maximum Gasteiger partial charge on any atom is 0.153 e. The molecule has 0 unspecified atom stereocenters. The van der Waals surface area contributed by atoms with Gasteiger partial charge in [-0.2, -0.15) is 5.10 Å². The molecule has 0 aliphatic heterocycles. The lowest BCUT2D eigenvalue weighted by atomic mass is 10.0. The van der Waals surface area contributed by atoms with Gasteiger partial charge in [-0.05, 0) is 30.5 Å². The molecule has 124 valence electrons. The van der Waals surface area contributed by atoms with Crippen LogP contribution in [0.25, 0.3) is 22.0 Å². The fourth-order valence-electron chi connectivity index (χ4n) is 2.76. The van der Waals surface area contributed by atoms with Gasteiger partial charge < -0.3 is 5.32 Å². The van der Waals surface area contributed by atoms with E-state index in [1.165, 1.54) is 12.1 Å². The van der Waals surface area contributed by atoms with Gasteiger partial charge in [0, 0.05) is 28.8 Å². The average Bonchev–Trinajstić information content (AvgIpc) is 2.99. The first-order valence-electron chi connectivity index (χ1n) is 7.74. The maximum atomic E-state index is 14.3. The molecule has 0 radical (unpaired) electrons. The monoisotopic (exact) mass is 336 g/mol. The lowest BCUT2D eigenvalue weighted by Gasteiger charge is -2.11. The minimum absolute atomic E-state index is 0.249. The fraction of sp³-hybridized carbons (Fsp3) is 0.0526. The number of hydrogen-bond acceptors (Lipinski definition) is 3. The molecule has 0 fully saturated rings. The number of hydrogen-bond donors (Lipinski definition) is 2. The first-order valence-corrected chi connectivity index (χ1v) is 7.74. The van der Waals surface area contributed by atoms with Crippen LogP contribution in [-0.4, -0.2) is 15.2 Å². The lowest BCUT2D eigenvalue weighted by molar-refractivity contribution is 0.585. The molecule has 0 saturated carbocycles. The predicted molar refractivity (Wildman–Crippen MR) is 93.7 cm³/mol. The van der Waals surface area contributed by atoms with Gasteiger partial charge in [0.15, 0.2) is 5.82 Å². The second-order valence-corrected chi connectivity index (χ2v) is 5.76. The summed E-state index contributed by atoms with van der Waals surface area (Å²) in [5, 5.41) is 11.8. The highest BCUT2D eigenvalue weighted by Gasteiger charge is 2.13. The number of aromatic nitrogens is 3. The van der Waals surface area contributed by atoms with E-state index in [4.69, 9.17) is 0 Å². The van der Waals surface area contributed by atoms with Crippen LogP contribution >= 0.6 is 0 Å². The van der Waals surface area contributed by atoms with Crippen LogP contribution in [-0.2, 0) is 0 Å². The number of nitrogens with zero attached hydrogens (tertiary/aromatic N) is 2. The Bertz CT molecular complexity index is 1070. The van der Waals surface area contributed by atoms with E-state index in [0.29, 0.717) is 17.3 Å². The molecule has 0 atom stereocenters. The summed E-state index contributed by atoms with van der Waals surface area (Å²) in [5.41, 5.74) is 1.61. The minimum atomic E-state index is -0.648. The van der Waals surface area contributed by atoms with E-state index in [9.17, 15) is 8.78 Å². The van der Waals surface area contributed by atoms with Crippen molar-refractivity contribution in [3.8, 4) is 11.3 Å². The van der Waals surface area contributed by atoms with E-state index in [-0.39, 0.29) is 5.56 Å². The molecule has 0 aliphatic rings. The summed E-state index contributed by atoms with van der Waals surface area (Å²) in [6, 6.07) is 14.7. The zero-order valence-electron chi connectivity index (χ0n) is 13.3. The molecule has 0 saturated heterocycles. The standard InChI is InChI=1S/C19H14F2N4/c1-11-8-18(25-24-11)22-17-9-12-4-2-3-5-14(12)19(23-17)15-7-6-13(20)10-16(15)21/h2-10H,1H3,(H2,22,23,24,25). The van der Waals surface area contributed by atoms with Gasteiger partial charge in [0.2, 0.25) is 0 Å². The number of anilines is 2. The van der Waals surface area contributed by atoms with Crippen molar-refractivity contribution in [1.29, 1.82) is 0 Å². The maximum absolute atomic E-state index is 14.3. The van der Waals surface area contributed by atoms with Gasteiger partial charge >= 0.3 is 0 Å². The molecule has 0 bridgehead atoms. The van der Waals surface area contributed by atoms with Crippen molar-refractivity contribution < 1.29 is 8.78 Å². The van der Waals surface area contributed by atoms with Gasteiger partial charge in [0.05, 0.1) is 5.69 Å². The Morgan fingerprint density at radius 2 is 1.80 bits per heavy atom. The van der Waals surface area contributed by atoms with Gasteiger partial charge in [-0.3, -0.25) is 5.10 Å². The zero-order valence-corrected chi connectivity index (χ0v) is 13.3. The van der Waals surface area contributed by atoms with Crippen molar-refractivity contribution >= 4 is 22.4 Å². The van der Waals surface area contributed by atoms with Crippen LogP contribution in [0.3, 0.4) is 0 Å². The largest absolute Gasteiger partial charge is 0.323 e. The summed E-state index contributed by atoms with van der Waals surface area (Å²) in [6.07, 6.45) is 0. The molecule has 4 aromatic rings. The fourth-order valence-corrected chi connectivity index (χ4v) is 2.76. The third kappa shape index (κ3) is 2.94. The molecule has 25 heavy (non-hydrogen) atoms. The second-order valence-electron chi connectivity index (χ2n) is 5.76. The zero-order chi connectivity index (χ0) is 17.4. The summed E-state index contributed by atoms with van der Waals surface area (Å²) < 4.78 is 27.6. The Kier molecular flexibility index (Phi) is 3.65. The van der Waals surface area contributed by atoms with Crippen LogP contribution in [0.5, 0.6) is 0 Å². The van der Waals surface area contributed by atoms with Crippen molar-refractivity contribution in [3.63, 3.8) is 0 Å². The van der Waals surface area contributed by atoms with Gasteiger partial charge in [0.1, 0.15) is 17.5 Å². The number of H-pyrrole nitrogens is 1. The first kappa shape index (κ1) is 15.3. The van der Waals surface area contributed by atoms with E-state index >= 15 is 0 Å². The quantitative estimate of drug-likeness (QED) is 0.556. The van der Waals surface area contributed by atoms with Gasteiger partial charge in [-0.1, -0.05) is 24.3 Å². The van der Waals surface area contributed by atoms with E-state index in [2.05, 4.69) is 20.5 Å². The number of nitrogens with one attached hydrogen (secondary N) is 2. The third-order valence-corrected chi connectivity index (χ3v) is 3.89. The molecular weight excluding hydrogens is 322 g/mol. The minimum Gasteiger partial charge on any atom is -0.323 e. The van der Waals surface area contributed by atoms with Crippen molar-refractivity contribution in [3.05, 3.63) is 71.9 Å². The van der Waals surface area contributed by atoms with Gasteiger partial charge in [0.25, 0.3) is 0 Å². The topological polar surface area (TPSA) is 53.6 Å². The molecule has 2 aromatic carbocycles. The van der Waals surface area contributed by atoms with Crippen LogP contribution in [0.4, 0.5) is 20.4 Å². The van der Waals surface area contributed by atoms with Crippen molar-refractivity contribution in [2.24, 2.45) is 0 Å². The van der Waals surface area contributed by atoms with E-state index in [1.807, 2.05) is 43.3 Å². The Morgan fingerprint density at radius 3 is 2.56 bits per heavy atom. The number of aryl methyl sites for hydroxylation is 1. The van der Waals surface area contributed by atoms with Crippen LogP contribution < -0.4 is 5.32 Å². The molecule has 4 rings (SSSR count). The highest BCUT2D eigenvalue weighted by molar-refractivity contribution is 5.96. The number of pyridine rings is 1. The molecule has 4 nitrogen and oxygen atoms in total. The number of rotatable bonds is 3. The first-order chi connectivity index (χ1) is 12.1. The number of benzene rings is 2. The Balaban J connectivity index is 1.89. The van der Waals surface area contributed by atoms with Crippen LogP contribution in [0.2, 0.25) is 0 Å². The molecular formula is C19H14F2N4. The Morgan fingerprint density at radius 1 is 0.960 bits per heavy atom. The van der Waals surface area contributed by atoms with Gasteiger partial charge in [-0.25, -0.2) is 13.8 Å². The average molecular weight is 336 g/mol. The molecule has 0 aliphatic carbocycles. The Labute approximate surface area is 142 Å². The number of aromatic amines is 1. The Hall–Kier alpha value is -3.28. The highest BCUT2D eigenvalue weighted by atomic mass is 19.1. The van der Waals surface area contributed by atoms with Crippen molar-refractivity contribution in [2.75, 3.05) is 5.32 Å². The highest BCUT2D eigenvalue weighted by Crippen LogP contribution is 2.31. The van der Waals surface area contributed by atoms with Crippen molar-refractivity contribution in [2.45, 2.75) is 6.92 Å². The summed E-state index contributed by atoms with van der Waals surface area (Å²) in [6.45, 7) is 1.89. The van der Waals surface area contributed by atoms with Crippen LogP contribution in [0, 0.1) is 18.6 Å². The van der Waals surface area contributed by atoms with Crippen LogP contribution in [0.15, 0.2) is 54.6 Å². The SMILES string of the molecule is Cc1cc(Nc2cc3ccccc3c(-c3ccc(F)cc3F)n2)n[nH]1. The second kappa shape index (κ2) is 5.98. The van der Waals surface area contributed by atoms with Crippen LogP contribution in [0.1, 0.15) is 5.69 Å². The summed E-state index contributed by atoms with van der Waals surface area (Å²) in [7, 11) is 0. The normalized spacial score (nSPS) is 11.0. The number of halogens is 2. The smallest absolute Gasteiger partial charge is 0.153 e. The molecule has 0 amide bonds. The predicted octanol–water partition coefficient (Wildman–Crippen LogP) is 4.96. The third-order valence-electron chi connectivity index (χ3n) is 3.89. The van der Waals surface area contributed by atoms with E-state index in [0.717, 1.165) is 22.5 Å². The van der Waals surface area contributed by atoms with E-state index in [1.54, 1.807) is 0 Å². The van der Waals surface area contributed by atoms with Gasteiger partial charge in [-0.15, -0.1) is 0 Å². The summed E-state index contributed by atoms with van der Waals surface area (Å²) in [5.74, 6) is -0.119. The molecule has 2 aromatic heterocycles. The molecule has 2 heterocycles. The summed E-state index contributed by atoms with van der Waals surface area (Å²) >= 11 is 0. The van der Waals surface area contributed by atoms with Crippen molar-refractivity contribution in [1.82, 2.24) is 15.2 Å². The lowest BCUT2D eigenvalue weighted by Crippen LogP contribution is -1.98. The van der Waals surface area contributed by atoms with E-state index < -0.39 is 11.6 Å². The molecule has 6 heteroatoms. The molecule has 0 spiro atoms. The number of fused-ring (bicyclic) bond motifs is 1. The molecule has 2 N–H and O–H groups in total.